The van der Waals surface area contributed by atoms with Crippen LogP contribution in [-0.4, -0.2) is 27.0 Å². The second-order valence-electron chi connectivity index (χ2n) is 7.75. The van der Waals surface area contributed by atoms with Crippen LogP contribution in [0.4, 0.5) is 5.69 Å². The highest BCUT2D eigenvalue weighted by atomic mass is 32.2. The van der Waals surface area contributed by atoms with Crippen molar-refractivity contribution in [2.24, 2.45) is 0 Å². The predicted octanol–water partition coefficient (Wildman–Crippen LogP) is 4.29. The van der Waals surface area contributed by atoms with E-state index in [4.69, 9.17) is 4.74 Å². The van der Waals surface area contributed by atoms with Crippen LogP contribution in [0.3, 0.4) is 0 Å². The summed E-state index contributed by atoms with van der Waals surface area (Å²) in [6, 6.07) is 22.7. The minimum atomic E-state index is -3.92. The summed E-state index contributed by atoms with van der Waals surface area (Å²) in [4.78, 5) is 12.9. The van der Waals surface area contributed by atoms with Crippen molar-refractivity contribution in [3.63, 3.8) is 0 Å². The van der Waals surface area contributed by atoms with Crippen molar-refractivity contribution in [1.29, 1.82) is 0 Å². The Morgan fingerprint density at radius 1 is 0.969 bits per heavy atom. The number of hydrogen-bond acceptors (Lipinski definition) is 4. The quantitative estimate of drug-likeness (QED) is 0.525. The van der Waals surface area contributed by atoms with Gasteiger partial charge in [0.05, 0.1) is 16.7 Å². The molecule has 3 rings (SSSR count). The average Bonchev–Trinajstić information content (AvgIpc) is 2.76. The number of rotatable bonds is 9. The van der Waals surface area contributed by atoms with Gasteiger partial charge in [-0.2, -0.15) is 0 Å². The molecule has 0 aliphatic carbocycles. The molecule has 0 saturated carbocycles. The third-order valence-electron chi connectivity index (χ3n) is 4.70. The van der Waals surface area contributed by atoms with Crippen LogP contribution in [0.5, 0.6) is 5.75 Å². The van der Waals surface area contributed by atoms with E-state index in [0.717, 1.165) is 21.2 Å². The van der Waals surface area contributed by atoms with Gasteiger partial charge in [0.25, 0.3) is 10.0 Å². The molecule has 0 atom stereocenters. The molecular formula is C25H28N2O4S. The fraction of sp³-hybridized carbons (Fsp3) is 0.240. The molecule has 0 radical (unpaired) electrons. The van der Waals surface area contributed by atoms with E-state index in [2.05, 4.69) is 5.32 Å². The standard InChI is InChI=1S/C25H28N2O4S/c1-19(2)31-23-11-7-8-21(16-23)17-26-25(28)18-27(22-9-5-4-6-10-22)32(29,30)24-14-12-20(3)13-15-24/h4-16,19H,17-18H2,1-3H3,(H,26,28). The fourth-order valence-electron chi connectivity index (χ4n) is 3.13. The third kappa shape index (κ3) is 6.11. The van der Waals surface area contributed by atoms with E-state index in [1.165, 1.54) is 0 Å². The van der Waals surface area contributed by atoms with Gasteiger partial charge in [0.2, 0.25) is 5.91 Å². The number of sulfonamides is 1. The van der Waals surface area contributed by atoms with Crippen LogP contribution in [0.2, 0.25) is 0 Å². The predicted molar refractivity (Wildman–Crippen MR) is 126 cm³/mol. The smallest absolute Gasteiger partial charge is 0.264 e. The number of amides is 1. The summed E-state index contributed by atoms with van der Waals surface area (Å²) < 4.78 is 33.5. The van der Waals surface area contributed by atoms with Crippen molar-refractivity contribution >= 4 is 21.6 Å². The lowest BCUT2D eigenvalue weighted by molar-refractivity contribution is -0.119. The molecule has 6 nitrogen and oxygen atoms in total. The summed E-state index contributed by atoms with van der Waals surface area (Å²) in [5, 5.41) is 2.81. The number of para-hydroxylation sites is 1. The molecule has 32 heavy (non-hydrogen) atoms. The number of aryl methyl sites for hydroxylation is 1. The van der Waals surface area contributed by atoms with Crippen molar-refractivity contribution < 1.29 is 17.9 Å². The highest BCUT2D eigenvalue weighted by Crippen LogP contribution is 2.23. The van der Waals surface area contributed by atoms with E-state index in [1.54, 1.807) is 54.6 Å². The topological polar surface area (TPSA) is 75.7 Å². The Morgan fingerprint density at radius 3 is 2.31 bits per heavy atom. The van der Waals surface area contributed by atoms with Gasteiger partial charge in [-0.3, -0.25) is 9.10 Å². The zero-order valence-electron chi connectivity index (χ0n) is 18.5. The zero-order valence-corrected chi connectivity index (χ0v) is 19.3. The average molecular weight is 453 g/mol. The monoisotopic (exact) mass is 452 g/mol. The Kier molecular flexibility index (Phi) is 7.53. The molecule has 0 aliphatic heterocycles. The first-order chi connectivity index (χ1) is 15.3. The SMILES string of the molecule is Cc1ccc(S(=O)(=O)N(CC(=O)NCc2cccc(OC(C)C)c2)c2ccccc2)cc1. The minimum Gasteiger partial charge on any atom is -0.491 e. The van der Waals surface area contributed by atoms with Gasteiger partial charge in [0.1, 0.15) is 12.3 Å². The minimum absolute atomic E-state index is 0.0475. The first kappa shape index (κ1) is 23.3. The highest BCUT2D eigenvalue weighted by molar-refractivity contribution is 7.92. The van der Waals surface area contributed by atoms with Crippen LogP contribution in [0, 0.1) is 6.92 Å². The number of carbonyl (C=O) groups is 1. The Balaban J connectivity index is 1.77. The third-order valence-corrected chi connectivity index (χ3v) is 6.49. The van der Waals surface area contributed by atoms with Crippen LogP contribution < -0.4 is 14.4 Å². The van der Waals surface area contributed by atoms with Gasteiger partial charge in [-0.25, -0.2) is 8.42 Å². The van der Waals surface area contributed by atoms with Crippen LogP contribution in [-0.2, 0) is 21.4 Å². The molecule has 0 spiro atoms. The van der Waals surface area contributed by atoms with E-state index in [1.807, 2.05) is 45.0 Å². The molecule has 1 amide bonds. The lowest BCUT2D eigenvalue weighted by Crippen LogP contribution is -2.40. The molecule has 0 heterocycles. The van der Waals surface area contributed by atoms with Crippen LogP contribution >= 0.6 is 0 Å². The lowest BCUT2D eigenvalue weighted by atomic mass is 10.2. The van der Waals surface area contributed by atoms with E-state index >= 15 is 0 Å². The molecule has 0 bridgehead atoms. The van der Waals surface area contributed by atoms with Crippen LogP contribution in [0.25, 0.3) is 0 Å². The molecule has 168 valence electrons. The maximum atomic E-state index is 13.3. The van der Waals surface area contributed by atoms with Crippen LogP contribution in [0.15, 0.2) is 83.8 Å². The lowest BCUT2D eigenvalue weighted by Gasteiger charge is -2.24. The molecular weight excluding hydrogens is 424 g/mol. The van der Waals surface area contributed by atoms with Crippen molar-refractivity contribution in [3.8, 4) is 5.75 Å². The summed E-state index contributed by atoms with van der Waals surface area (Å²) in [7, 11) is -3.92. The molecule has 3 aromatic carbocycles. The molecule has 1 N–H and O–H groups in total. The molecule has 7 heteroatoms. The fourth-order valence-corrected chi connectivity index (χ4v) is 4.56. The van der Waals surface area contributed by atoms with Crippen molar-refractivity contribution in [2.75, 3.05) is 10.8 Å². The first-order valence-electron chi connectivity index (χ1n) is 10.4. The van der Waals surface area contributed by atoms with Crippen LogP contribution in [0.1, 0.15) is 25.0 Å². The summed E-state index contributed by atoms with van der Waals surface area (Å²) in [6.07, 6.45) is 0.0475. The second-order valence-corrected chi connectivity index (χ2v) is 9.61. The zero-order chi connectivity index (χ0) is 23.1. The van der Waals surface area contributed by atoms with Gasteiger partial charge < -0.3 is 10.1 Å². The largest absolute Gasteiger partial charge is 0.491 e. The summed E-state index contributed by atoms with van der Waals surface area (Å²) in [6.45, 7) is 5.71. The number of hydrogen-bond donors (Lipinski definition) is 1. The molecule has 0 unspecified atom stereocenters. The highest BCUT2D eigenvalue weighted by Gasteiger charge is 2.27. The molecule has 0 aliphatic rings. The number of carbonyl (C=O) groups excluding carboxylic acids is 1. The number of benzene rings is 3. The maximum absolute atomic E-state index is 13.3. The van der Waals surface area contributed by atoms with E-state index in [0.29, 0.717) is 5.69 Å². The van der Waals surface area contributed by atoms with Gasteiger partial charge in [0, 0.05) is 6.54 Å². The van der Waals surface area contributed by atoms with Gasteiger partial charge in [-0.1, -0.05) is 48.0 Å². The van der Waals surface area contributed by atoms with Crippen molar-refractivity contribution in [2.45, 2.75) is 38.3 Å². The number of ether oxygens (including phenoxy) is 1. The van der Waals surface area contributed by atoms with E-state index in [-0.39, 0.29) is 24.1 Å². The molecule has 3 aromatic rings. The Hall–Kier alpha value is -3.32. The summed E-state index contributed by atoms with van der Waals surface area (Å²) in [5.74, 6) is 0.319. The Bertz CT molecular complexity index is 1140. The Morgan fingerprint density at radius 2 is 1.66 bits per heavy atom. The van der Waals surface area contributed by atoms with E-state index < -0.39 is 15.9 Å². The van der Waals surface area contributed by atoms with Crippen molar-refractivity contribution in [1.82, 2.24) is 5.32 Å². The summed E-state index contributed by atoms with van der Waals surface area (Å²) >= 11 is 0. The number of nitrogens with one attached hydrogen (secondary N) is 1. The molecule has 0 aromatic heterocycles. The first-order valence-corrected chi connectivity index (χ1v) is 11.9. The normalized spacial score (nSPS) is 11.2. The molecule has 0 saturated heterocycles. The van der Waals surface area contributed by atoms with Gasteiger partial charge in [-0.05, 0) is 62.7 Å². The Labute approximate surface area is 189 Å². The number of nitrogens with zero attached hydrogens (tertiary/aromatic N) is 1. The van der Waals surface area contributed by atoms with Gasteiger partial charge in [-0.15, -0.1) is 0 Å². The van der Waals surface area contributed by atoms with E-state index in [9.17, 15) is 13.2 Å². The second kappa shape index (κ2) is 10.3. The summed E-state index contributed by atoms with van der Waals surface area (Å²) in [5.41, 5.74) is 2.25. The van der Waals surface area contributed by atoms with Gasteiger partial charge >= 0.3 is 0 Å². The maximum Gasteiger partial charge on any atom is 0.264 e. The molecule has 0 fully saturated rings. The van der Waals surface area contributed by atoms with Crippen molar-refractivity contribution in [3.05, 3.63) is 90.0 Å². The number of anilines is 1. The van der Waals surface area contributed by atoms with Gasteiger partial charge in [0.15, 0.2) is 0 Å².